The van der Waals surface area contributed by atoms with Crippen molar-refractivity contribution < 1.29 is 4.79 Å². The van der Waals surface area contributed by atoms with Gasteiger partial charge in [0.05, 0.1) is 10.9 Å². The molecule has 5 nitrogen and oxygen atoms in total. The molecule has 0 bridgehead atoms. The first-order valence-electron chi connectivity index (χ1n) is 7.31. The molecular weight excluding hydrogens is 399 g/mol. The first-order chi connectivity index (χ1) is 12.0. The largest absolute Gasteiger partial charge is 0.320 e. The predicted octanol–water partition coefficient (Wildman–Crippen LogP) is 4.79. The molecule has 1 amide bonds. The van der Waals surface area contributed by atoms with Crippen LogP contribution in [0.25, 0.3) is 0 Å². The summed E-state index contributed by atoms with van der Waals surface area (Å²) in [6.07, 6.45) is 0. The predicted molar refractivity (Wildman–Crippen MR) is 104 cm³/mol. The van der Waals surface area contributed by atoms with E-state index in [1.54, 1.807) is 35.6 Å². The lowest BCUT2D eigenvalue weighted by Gasteiger charge is -2.12. The molecule has 1 N–H and O–H groups in total. The summed E-state index contributed by atoms with van der Waals surface area (Å²) in [6.45, 7) is 1.38. The second kappa shape index (κ2) is 8.25. The number of anilines is 1. The molecule has 0 aliphatic carbocycles. The van der Waals surface area contributed by atoms with E-state index >= 15 is 0 Å². The lowest BCUT2D eigenvalue weighted by molar-refractivity contribution is 0.102. The maximum absolute atomic E-state index is 12.2. The van der Waals surface area contributed by atoms with E-state index < -0.39 is 0 Å². The number of hydrogen-bond acceptors (Lipinski definition) is 6. The summed E-state index contributed by atoms with van der Waals surface area (Å²) < 4.78 is 0.778. The molecule has 130 valence electrons. The number of thiophene rings is 1. The Hall–Kier alpha value is -1.51. The zero-order valence-electron chi connectivity index (χ0n) is 13.2. The summed E-state index contributed by atoms with van der Waals surface area (Å²) in [7, 11) is 1.99. The van der Waals surface area contributed by atoms with E-state index in [2.05, 4.69) is 20.4 Å². The quantitative estimate of drug-likeness (QED) is 0.631. The molecule has 0 saturated carbocycles. The monoisotopic (exact) mass is 412 g/mol. The maximum atomic E-state index is 12.2. The van der Waals surface area contributed by atoms with Crippen LogP contribution in [0, 0.1) is 0 Å². The number of benzene rings is 1. The van der Waals surface area contributed by atoms with Crippen molar-refractivity contribution >= 4 is 57.5 Å². The number of carbonyl (C=O) groups is 1. The van der Waals surface area contributed by atoms with Crippen molar-refractivity contribution in [3.63, 3.8) is 0 Å². The second-order valence-electron chi connectivity index (χ2n) is 5.34. The first kappa shape index (κ1) is 18.3. The van der Waals surface area contributed by atoms with E-state index in [-0.39, 0.29) is 5.91 Å². The Labute approximate surface area is 163 Å². The van der Waals surface area contributed by atoms with E-state index in [9.17, 15) is 4.79 Å². The van der Waals surface area contributed by atoms with Gasteiger partial charge in [0.15, 0.2) is 0 Å². The van der Waals surface area contributed by atoms with Gasteiger partial charge in [-0.2, -0.15) is 0 Å². The third-order valence-corrected chi connectivity index (χ3v) is 5.60. The molecule has 2 heterocycles. The van der Waals surface area contributed by atoms with E-state index in [0.29, 0.717) is 22.3 Å². The Balaban J connectivity index is 1.57. The molecule has 2 aromatic heterocycles. The fraction of sp³-hybridized carbons (Fsp3) is 0.188. The summed E-state index contributed by atoms with van der Waals surface area (Å²) >= 11 is 14.6. The van der Waals surface area contributed by atoms with Crippen molar-refractivity contribution in [1.82, 2.24) is 15.1 Å². The van der Waals surface area contributed by atoms with Crippen molar-refractivity contribution in [1.29, 1.82) is 0 Å². The number of aromatic nitrogens is 2. The minimum atomic E-state index is -0.279. The molecule has 0 aliphatic heterocycles. The average Bonchev–Trinajstić information content (AvgIpc) is 3.19. The van der Waals surface area contributed by atoms with Gasteiger partial charge in [-0.05, 0) is 43.4 Å². The standard InChI is InChI=1S/C16H14Cl2N4OS2/c1-22(8-12-6-7-13(18)24-12)9-14-20-21-16(25-14)15(23)19-11-4-2-10(17)3-5-11/h2-7H,8-9H2,1H3,(H,19,23). The van der Waals surface area contributed by atoms with Gasteiger partial charge in [-0.15, -0.1) is 21.5 Å². The van der Waals surface area contributed by atoms with E-state index in [1.807, 2.05) is 19.2 Å². The molecule has 1 aromatic carbocycles. The van der Waals surface area contributed by atoms with Crippen molar-refractivity contribution in [3.8, 4) is 0 Å². The van der Waals surface area contributed by atoms with Gasteiger partial charge in [0.1, 0.15) is 5.01 Å². The van der Waals surface area contributed by atoms with Crippen LogP contribution in [0.2, 0.25) is 9.36 Å². The van der Waals surface area contributed by atoms with Crippen LogP contribution >= 0.6 is 45.9 Å². The van der Waals surface area contributed by atoms with Crippen molar-refractivity contribution in [2.45, 2.75) is 13.1 Å². The molecule has 0 saturated heterocycles. The van der Waals surface area contributed by atoms with Crippen molar-refractivity contribution in [2.24, 2.45) is 0 Å². The number of rotatable bonds is 6. The molecule has 3 rings (SSSR count). The number of halogens is 2. The van der Waals surface area contributed by atoms with Crippen LogP contribution in [-0.4, -0.2) is 28.1 Å². The first-order valence-corrected chi connectivity index (χ1v) is 9.70. The van der Waals surface area contributed by atoms with Crippen LogP contribution in [0.15, 0.2) is 36.4 Å². The lowest BCUT2D eigenvalue weighted by atomic mass is 10.3. The normalized spacial score (nSPS) is 11.0. The fourth-order valence-electron chi connectivity index (χ4n) is 2.12. The van der Waals surface area contributed by atoms with Gasteiger partial charge < -0.3 is 5.32 Å². The van der Waals surface area contributed by atoms with E-state index in [1.165, 1.54) is 16.2 Å². The zero-order chi connectivity index (χ0) is 17.8. The number of amides is 1. The van der Waals surface area contributed by atoms with Gasteiger partial charge in [-0.1, -0.05) is 34.5 Å². The molecular formula is C16H14Cl2N4OS2. The third-order valence-electron chi connectivity index (χ3n) is 3.22. The Bertz CT molecular complexity index is 863. The molecule has 9 heteroatoms. The Kier molecular flexibility index (Phi) is 6.03. The van der Waals surface area contributed by atoms with Gasteiger partial charge >= 0.3 is 0 Å². The molecule has 0 unspecified atom stereocenters. The number of hydrogen-bond donors (Lipinski definition) is 1. The van der Waals surface area contributed by atoms with Gasteiger partial charge in [-0.3, -0.25) is 9.69 Å². The summed E-state index contributed by atoms with van der Waals surface area (Å²) in [6, 6.07) is 10.8. The fourth-order valence-corrected chi connectivity index (χ4v) is 4.23. The number of nitrogens with one attached hydrogen (secondary N) is 1. The Morgan fingerprint density at radius 1 is 1.08 bits per heavy atom. The lowest BCUT2D eigenvalue weighted by Crippen LogP contribution is -2.16. The Morgan fingerprint density at radius 3 is 2.52 bits per heavy atom. The molecule has 3 aromatic rings. The molecule has 0 fully saturated rings. The highest BCUT2D eigenvalue weighted by molar-refractivity contribution is 7.16. The van der Waals surface area contributed by atoms with Gasteiger partial charge in [0.25, 0.3) is 5.91 Å². The van der Waals surface area contributed by atoms with E-state index in [0.717, 1.165) is 15.9 Å². The zero-order valence-corrected chi connectivity index (χ0v) is 16.3. The molecule has 0 spiro atoms. The SMILES string of the molecule is CN(Cc1ccc(Cl)s1)Cc1nnc(C(=O)Nc2ccc(Cl)cc2)s1. The minimum absolute atomic E-state index is 0.279. The Morgan fingerprint density at radius 2 is 1.84 bits per heavy atom. The highest BCUT2D eigenvalue weighted by Crippen LogP contribution is 2.23. The van der Waals surface area contributed by atoms with E-state index in [4.69, 9.17) is 23.2 Å². The van der Waals surface area contributed by atoms with Crippen molar-refractivity contribution in [2.75, 3.05) is 12.4 Å². The van der Waals surface area contributed by atoms with Crippen LogP contribution in [0.4, 0.5) is 5.69 Å². The second-order valence-corrected chi connectivity index (χ2v) is 8.64. The van der Waals surface area contributed by atoms with Gasteiger partial charge in [0.2, 0.25) is 5.01 Å². The van der Waals surface area contributed by atoms with Crippen LogP contribution in [0.1, 0.15) is 19.7 Å². The molecule has 25 heavy (non-hydrogen) atoms. The van der Waals surface area contributed by atoms with Crippen LogP contribution in [0.5, 0.6) is 0 Å². The minimum Gasteiger partial charge on any atom is -0.320 e. The topological polar surface area (TPSA) is 58.1 Å². The third kappa shape index (κ3) is 5.23. The number of carbonyl (C=O) groups excluding carboxylic acids is 1. The summed E-state index contributed by atoms with van der Waals surface area (Å²) in [5.41, 5.74) is 0.665. The summed E-state index contributed by atoms with van der Waals surface area (Å²) in [5.74, 6) is -0.279. The van der Waals surface area contributed by atoms with Crippen molar-refractivity contribution in [3.05, 3.63) is 60.6 Å². The smallest absolute Gasteiger partial charge is 0.286 e. The highest BCUT2D eigenvalue weighted by Gasteiger charge is 2.14. The van der Waals surface area contributed by atoms with Crippen LogP contribution in [-0.2, 0) is 13.1 Å². The maximum Gasteiger partial charge on any atom is 0.286 e. The molecule has 0 aliphatic rings. The molecule has 0 radical (unpaired) electrons. The summed E-state index contributed by atoms with van der Waals surface area (Å²) in [5, 5.41) is 12.6. The summed E-state index contributed by atoms with van der Waals surface area (Å²) in [4.78, 5) is 15.5. The average molecular weight is 413 g/mol. The van der Waals surface area contributed by atoms with Gasteiger partial charge in [-0.25, -0.2) is 0 Å². The highest BCUT2D eigenvalue weighted by atomic mass is 35.5. The van der Waals surface area contributed by atoms with Crippen LogP contribution < -0.4 is 5.32 Å². The molecule has 0 atom stereocenters. The van der Waals surface area contributed by atoms with Gasteiger partial charge in [0, 0.05) is 22.1 Å². The van der Waals surface area contributed by atoms with Crippen LogP contribution in [0.3, 0.4) is 0 Å². The number of nitrogens with zero attached hydrogens (tertiary/aromatic N) is 3.